The minimum atomic E-state index is 0.122. The number of nitrogens with zero attached hydrogens (tertiary/aromatic N) is 2. The lowest BCUT2D eigenvalue weighted by atomic mass is 9.61. The van der Waals surface area contributed by atoms with E-state index in [9.17, 15) is 4.79 Å². The van der Waals surface area contributed by atoms with Crippen molar-refractivity contribution in [2.45, 2.75) is 38.6 Å². The first-order valence-corrected chi connectivity index (χ1v) is 11.1. The second-order valence-electron chi connectivity index (χ2n) is 8.53. The van der Waals surface area contributed by atoms with Gasteiger partial charge in [0.15, 0.2) is 0 Å². The number of thiophene rings is 1. The third-order valence-corrected chi connectivity index (χ3v) is 7.77. The average Bonchev–Trinajstić information content (AvgIpc) is 3.14. The molecule has 0 aromatic carbocycles. The van der Waals surface area contributed by atoms with Crippen molar-refractivity contribution in [1.29, 1.82) is 0 Å². The quantitative estimate of drug-likeness (QED) is 0.790. The molecular weight excluding hydrogens is 360 g/mol. The highest BCUT2D eigenvalue weighted by molar-refractivity contribution is 7.10. The van der Waals surface area contributed by atoms with Gasteiger partial charge in [-0.05, 0) is 44.6 Å². The zero-order valence-electron chi connectivity index (χ0n) is 16.6. The van der Waals surface area contributed by atoms with E-state index >= 15 is 0 Å². The molecule has 0 unspecified atom stereocenters. The van der Waals surface area contributed by atoms with Gasteiger partial charge in [0.2, 0.25) is 0 Å². The number of piperidine rings is 1. The van der Waals surface area contributed by atoms with Crippen LogP contribution in [0.2, 0.25) is 0 Å². The van der Waals surface area contributed by atoms with Crippen LogP contribution < -0.4 is 0 Å². The fraction of sp³-hybridized carbons (Fsp3) is 0.762. The fourth-order valence-electron chi connectivity index (χ4n) is 5.47. The summed E-state index contributed by atoms with van der Waals surface area (Å²) in [6.07, 6.45) is 4.70. The van der Waals surface area contributed by atoms with E-state index in [4.69, 9.17) is 9.47 Å². The maximum atomic E-state index is 13.0. The van der Waals surface area contributed by atoms with Crippen molar-refractivity contribution in [2.24, 2.45) is 11.3 Å². The number of amides is 1. The molecule has 0 N–H and O–H groups in total. The van der Waals surface area contributed by atoms with Crippen LogP contribution in [0.15, 0.2) is 11.4 Å². The van der Waals surface area contributed by atoms with Crippen LogP contribution in [0.3, 0.4) is 0 Å². The van der Waals surface area contributed by atoms with Crippen LogP contribution in [-0.4, -0.2) is 74.9 Å². The summed E-state index contributed by atoms with van der Waals surface area (Å²) in [5.41, 5.74) is 0.974. The van der Waals surface area contributed by atoms with Crippen molar-refractivity contribution >= 4 is 17.2 Å². The molecule has 5 nitrogen and oxygen atoms in total. The molecular formula is C21H32N2O3S. The molecule has 2 aliphatic heterocycles. The fourth-order valence-corrected chi connectivity index (χ4v) is 6.14. The second kappa shape index (κ2) is 8.19. The van der Waals surface area contributed by atoms with Gasteiger partial charge in [0.05, 0.1) is 25.4 Å². The first-order valence-electron chi connectivity index (χ1n) is 10.3. The molecule has 3 fully saturated rings. The molecule has 0 radical (unpaired) electrons. The molecule has 150 valence electrons. The van der Waals surface area contributed by atoms with Gasteiger partial charge < -0.3 is 14.4 Å². The highest BCUT2D eigenvalue weighted by Crippen LogP contribution is 2.48. The molecule has 3 heterocycles. The molecule has 6 heteroatoms. The van der Waals surface area contributed by atoms with Crippen LogP contribution in [-0.2, 0) is 9.47 Å². The molecule has 1 aliphatic carbocycles. The molecule has 1 aromatic rings. The Bertz CT molecular complexity index is 658. The number of methoxy groups -OCH3 is 1. The van der Waals surface area contributed by atoms with Crippen molar-refractivity contribution in [2.75, 3.05) is 53.1 Å². The number of carbonyl (C=O) groups excluding carboxylic acids is 1. The van der Waals surface area contributed by atoms with E-state index in [0.717, 1.165) is 64.4 Å². The third kappa shape index (κ3) is 3.95. The predicted octanol–water partition coefficient (Wildman–Crippen LogP) is 3.04. The van der Waals surface area contributed by atoms with Gasteiger partial charge in [-0.25, -0.2) is 0 Å². The Kier molecular flexibility index (Phi) is 5.88. The van der Waals surface area contributed by atoms with Gasteiger partial charge in [0, 0.05) is 55.0 Å². The highest BCUT2D eigenvalue weighted by atomic mass is 32.1. The van der Waals surface area contributed by atoms with E-state index in [1.165, 1.54) is 17.7 Å². The number of ether oxygens (including phenoxy) is 2. The smallest absolute Gasteiger partial charge is 0.254 e. The molecule has 3 atom stereocenters. The normalized spacial score (nSPS) is 32.3. The minimum absolute atomic E-state index is 0.122. The van der Waals surface area contributed by atoms with Crippen molar-refractivity contribution in [1.82, 2.24) is 9.80 Å². The average molecular weight is 393 g/mol. The zero-order valence-corrected chi connectivity index (χ0v) is 17.4. The lowest BCUT2D eigenvalue weighted by Crippen LogP contribution is -2.58. The molecule has 0 spiro atoms. The number of carbonyl (C=O) groups is 1. The number of morpholine rings is 1. The summed E-state index contributed by atoms with van der Waals surface area (Å²) in [5.74, 6) is 0.843. The lowest BCUT2D eigenvalue weighted by molar-refractivity contribution is -0.0792. The van der Waals surface area contributed by atoms with E-state index in [-0.39, 0.29) is 11.3 Å². The van der Waals surface area contributed by atoms with Crippen LogP contribution in [0, 0.1) is 18.3 Å². The summed E-state index contributed by atoms with van der Waals surface area (Å²) >= 11 is 1.66. The summed E-state index contributed by atoms with van der Waals surface area (Å²) in [7, 11) is 1.81. The Morgan fingerprint density at radius 1 is 1.33 bits per heavy atom. The molecule has 1 saturated carbocycles. The van der Waals surface area contributed by atoms with Gasteiger partial charge in [-0.1, -0.05) is 0 Å². The lowest BCUT2D eigenvalue weighted by Gasteiger charge is -2.54. The largest absolute Gasteiger partial charge is 0.384 e. The summed E-state index contributed by atoms with van der Waals surface area (Å²) < 4.78 is 11.2. The third-order valence-electron chi connectivity index (χ3n) is 6.91. The van der Waals surface area contributed by atoms with Gasteiger partial charge >= 0.3 is 0 Å². The van der Waals surface area contributed by atoms with E-state index in [1.54, 1.807) is 11.3 Å². The Balaban J connectivity index is 1.46. The van der Waals surface area contributed by atoms with Gasteiger partial charge in [0.1, 0.15) is 0 Å². The van der Waals surface area contributed by atoms with Crippen molar-refractivity contribution in [3.05, 3.63) is 21.9 Å². The van der Waals surface area contributed by atoms with Gasteiger partial charge in [0.25, 0.3) is 5.91 Å². The van der Waals surface area contributed by atoms with Crippen LogP contribution in [0.5, 0.6) is 0 Å². The number of likely N-dealkylation sites (tertiary alicyclic amines) is 1. The van der Waals surface area contributed by atoms with Crippen LogP contribution in [0.1, 0.15) is 40.9 Å². The van der Waals surface area contributed by atoms with E-state index in [2.05, 4.69) is 16.7 Å². The maximum absolute atomic E-state index is 13.0. The van der Waals surface area contributed by atoms with Gasteiger partial charge in [-0.15, -0.1) is 11.3 Å². The van der Waals surface area contributed by atoms with Crippen molar-refractivity contribution in [3.8, 4) is 0 Å². The molecule has 27 heavy (non-hydrogen) atoms. The summed E-state index contributed by atoms with van der Waals surface area (Å²) in [6.45, 7) is 8.41. The Morgan fingerprint density at radius 2 is 2.15 bits per heavy atom. The molecule has 1 aromatic heterocycles. The first kappa shape index (κ1) is 19.4. The topological polar surface area (TPSA) is 42.0 Å². The SMILES string of the molecule is COC[C@@]12CC[C@@H](N3CCOCC3)C[C@H]1CCN(C(=O)c1csc(C)c1)C2. The maximum Gasteiger partial charge on any atom is 0.254 e. The van der Waals surface area contributed by atoms with Gasteiger partial charge in [-0.2, -0.15) is 0 Å². The Hall–Kier alpha value is -0.950. The second-order valence-corrected chi connectivity index (χ2v) is 9.65. The molecule has 4 rings (SSSR count). The van der Waals surface area contributed by atoms with E-state index in [0.29, 0.717) is 12.0 Å². The number of hydrogen-bond acceptors (Lipinski definition) is 5. The number of hydrogen-bond donors (Lipinski definition) is 0. The Labute approximate surface area is 166 Å². The zero-order chi connectivity index (χ0) is 18.9. The van der Waals surface area contributed by atoms with Crippen LogP contribution in [0.4, 0.5) is 0 Å². The number of fused-ring (bicyclic) bond motifs is 1. The van der Waals surface area contributed by atoms with Crippen molar-refractivity contribution < 1.29 is 14.3 Å². The van der Waals surface area contributed by atoms with E-state index in [1.807, 2.05) is 18.6 Å². The predicted molar refractivity (Wildman–Crippen MR) is 107 cm³/mol. The Morgan fingerprint density at radius 3 is 2.85 bits per heavy atom. The number of aryl methyl sites for hydroxylation is 1. The highest BCUT2D eigenvalue weighted by Gasteiger charge is 2.48. The summed E-state index contributed by atoms with van der Waals surface area (Å²) in [6, 6.07) is 2.70. The van der Waals surface area contributed by atoms with Crippen molar-refractivity contribution in [3.63, 3.8) is 0 Å². The minimum Gasteiger partial charge on any atom is -0.384 e. The van der Waals surface area contributed by atoms with Crippen LogP contribution in [0.25, 0.3) is 0 Å². The number of rotatable bonds is 4. The molecule has 0 bridgehead atoms. The van der Waals surface area contributed by atoms with Gasteiger partial charge in [-0.3, -0.25) is 9.69 Å². The standard InChI is InChI=1S/C21H32N2O3S/c1-16-11-17(13-27-16)20(24)23-6-4-18-12-19(22-7-9-26-10-8-22)3-5-21(18,14-23)15-25-2/h11,13,18-19H,3-10,12,14-15H2,1-2H3/t18-,19-,21+/m1/s1. The first-order chi connectivity index (χ1) is 13.1. The van der Waals surface area contributed by atoms with E-state index < -0.39 is 0 Å². The monoisotopic (exact) mass is 392 g/mol. The molecule has 1 amide bonds. The van der Waals surface area contributed by atoms with Crippen LogP contribution >= 0.6 is 11.3 Å². The molecule has 2 saturated heterocycles. The molecule has 3 aliphatic rings. The summed E-state index contributed by atoms with van der Waals surface area (Å²) in [5, 5.41) is 2.00. The summed E-state index contributed by atoms with van der Waals surface area (Å²) in [4.78, 5) is 18.9.